The number of hydrogen-bond acceptors (Lipinski definition) is 4. The van der Waals surface area contributed by atoms with Gasteiger partial charge in [-0.15, -0.1) is 0 Å². The van der Waals surface area contributed by atoms with Gasteiger partial charge in [-0.25, -0.2) is 4.79 Å². The predicted octanol–water partition coefficient (Wildman–Crippen LogP) is 0.698. The summed E-state index contributed by atoms with van der Waals surface area (Å²) < 4.78 is 8.58. The molecule has 1 atom stereocenters. The maximum absolute atomic E-state index is 10.4. The number of ether oxygens (including phenoxy) is 2. The van der Waals surface area contributed by atoms with Gasteiger partial charge in [-0.05, 0) is 12.2 Å². The molecule has 0 spiro atoms. The summed E-state index contributed by atoms with van der Waals surface area (Å²) in [5.74, 6) is -0.655. The van der Waals surface area contributed by atoms with E-state index in [9.17, 15) is 4.79 Å². The molecule has 3 nitrogen and oxygen atoms in total. The van der Waals surface area contributed by atoms with Gasteiger partial charge in [0, 0.05) is 0 Å². The van der Waals surface area contributed by atoms with Crippen LogP contribution in [-0.2, 0) is 14.3 Å². The average molecular weight is 169 g/mol. The summed E-state index contributed by atoms with van der Waals surface area (Å²) in [7, 11) is 1.21. The number of hydrogen-bond donors (Lipinski definition) is 0. The second-order valence-electron chi connectivity index (χ2n) is 1.07. The van der Waals surface area contributed by atoms with Crippen LogP contribution in [0.25, 0.3) is 0 Å². The highest BCUT2D eigenvalue weighted by Crippen LogP contribution is 1.97. The van der Waals surface area contributed by atoms with Crippen molar-refractivity contribution >= 4 is 35.3 Å². The lowest BCUT2D eigenvalue weighted by atomic mass is 10.7. The Morgan fingerprint density at radius 1 is 1.89 bits per heavy atom. The first kappa shape index (κ1) is 8.65. The van der Waals surface area contributed by atoms with Crippen LogP contribution in [0, 0.1) is 0 Å². The zero-order chi connectivity index (χ0) is 7.28. The average Bonchev–Trinajstić information content (AvgIpc) is 1.87. The normalized spacial score (nSPS) is 11.8. The lowest BCUT2D eigenvalue weighted by Gasteiger charge is -2.03. The van der Waals surface area contributed by atoms with E-state index in [-0.39, 0.29) is 0 Å². The van der Waals surface area contributed by atoms with Crippen molar-refractivity contribution in [1.82, 2.24) is 0 Å². The number of halogens is 1. The van der Waals surface area contributed by atoms with Crippen LogP contribution < -0.4 is 0 Å². The van der Waals surface area contributed by atoms with E-state index in [1.165, 1.54) is 7.11 Å². The largest absolute Gasteiger partial charge is 0.465 e. The van der Waals surface area contributed by atoms with Crippen molar-refractivity contribution in [1.29, 1.82) is 0 Å². The molecule has 0 radical (unpaired) electrons. The molecule has 1 unspecified atom stereocenters. The van der Waals surface area contributed by atoms with Crippen LogP contribution >= 0.6 is 23.8 Å². The monoisotopic (exact) mass is 168 g/mol. The van der Waals surface area contributed by atoms with E-state index in [0.29, 0.717) is 0 Å². The highest BCUT2D eigenvalue weighted by Gasteiger charge is 2.14. The fourth-order valence-electron chi connectivity index (χ4n) is 0.197. The number of esters is 1. The Balaban J connectivity index is 3.58. The first-order valence-electron chi connectivity index (χ1n) is 2.03. The van der Waals surface area contributed by atoms with Crippen LogP contribution in [-0.4, -0.2) is 24.2 Å². The molecule has 0 aromatic rings. The van der Waals surface area contributed by atoms with E-state index in [1.54, 1.807) is 0 Å². The molecule has 0 rings (SSSR count). The molecular weight excluding hydrogens is 164 g/mol. The maximum atomic E-state index is 10.4. The number of methoxy groups -OCH3 is 1. The van der Waals surface area contributed by atoms with Crippen molar-refractivity contribution < 1.29 is 14.3 Å². The second-order valence-corrected chi connectivity index (χ2v) is 1.66. The number of rotatable bonds is 3. The van der Waals surface area contributed by atoms with Gasteiger partial charge in [0.05, 0.1) is 7.11 Å². The molecule has 0 fully saturated rings. The van der Waals surface area contributed by atoms with E-state index in [1.807, 2.05) is 0 Å². The summed E-state index contributed by atoms with van der Waals surface area (Å²) in [6, 6.07) is 0. The first-order valence-corrected chi connectivity index (χ1v) is 2.94. The van der Waals surface area contributed by atoms with Crippen molar-refractivity contribution in [3.05, 3.63) is 0 Å². The molecule has 0 aromatic heterocycles. The summed E-state index contributed by atoms with van der Waals surface area (Å²) in [4.78, 5) is 10.4. The second kappa shape index (κ2) is 4.52. The number of thiocarbonyl (C=S) groups is 1. The van der Waals surface area contributed by atoms with Crippen LogP contribution in [0.3, 0.4) is 0 Å². The Bertz CT molecular complexity index is 116. The summed E-state index contributed by atoms with van der Waals surface area (Å²) in [6.07, 6.45) is 0. The minimum atomic E-state index is -1.12. The smallest absolute Gasteiger partial charge is 0.363 e. The van der Waals surface area contributed by atoms with E-state index >= 15 is 0 Å². The zero-order valence-corrected chi connectivity index (χ0v) is 6.24. The third-order valence-electron chi connectivity index (χ3n) is 0.562. The Labute approximate surface area is 62.9 Å². The van der Waals surface area contributed by atoms with Crippen molar-refractivity contribution in [3.8, 4) is 0 Å². The van der Waals surface area contributed by atoms with Crippen LogP contribution in [0.4, 0.5) is 0 Å². The summed E-state index contributed by atoms with van der Waals surface area (Å²) in [5, 5.41) is 0. The number of alkyl halides is 1. The molecule has 0 saturated heterocycles. The Hall–Kier alpha value is -0.350. The van der Waals surface area contributed by atoms with Crippen molar-refractivity contribution in [2.75, 3.05) is 7.11 Å². The molecule has 0 saturated carbocycles. The minimum Gasteiger partial charge on any atom is -0.465 e. The highest BCUT2D eigenvalue weighted by atomic mass is 35.5. The predicted molar refractivity (Wildman–Crippen MR) is 36.4 cm³/mol. The lowest BCUT2D eigenvalue weighted by Crippen LogP contribution is -2.18. The van der Waals surface area contributed by atoms with Gasteiger partial charge in [-0.2, -0.15) is 0 Å². The van der Waals surface area contributed by atoms with E-state index in [0.717, 1.165) is 5.55 Å². The fraction of sp³-hybridized carbons (Fsp3) is 0.500. The molecule has 0 aliphatic heterocycles. The molecule has 0 aliphatic carbocycles. The summed E-state index contributed by atoms with van der Waals surface area (Å²) in [5.41, 5.74) is -0.207. The van der Waals surface area contributed by atoms with Crippen LogP contribution in [0.2, 0.25) is 0 Å². The number of carbonyl (C=O) groups excluding carboxylic acids is 1. The molecule has 0 aromatic carbocycles. The Morgan fingerprint density at radius 3 is 2.78 bits per heavy atom. The van der Waals surface area contributed by atoms with Gasteiger partial charge in [0.2, 0.25) is 0 Å². The van der Waals surface area contributed by atoms with Gasteiger partial charge in [0.1, 0.15) is 5.55 Å². The molecule has 0 aliphatic rings. The van der Waals surface area contributed by atoms with Gasteiger partial charge >= 0.3 is 5.97 Å². The molecule has 52 valence electrons. The van der Waals surface area contributed by atoms with Gasteiger partial charge < -0.3 is 9.47 Å². The van der Waals surface area contributed by atoms with Crippen molar-refractivity contribution in [2.24, 2.45) is 0 Å². The zero-order valence-electron chi connectivity index (χ0n) is 4.67. The molecule has 0 bridgehead atoms. The van der Waals surface area contributed by atoms with Gasteiger partial charge in [-0.3, -0.25) is 0 Å². The molecule has 9 heavy (non-hydrogen) atoms. The quantitative estimate of drug-likeness (QED) is 0.353. The third kappa shape index (κ3) is 3.26. The fourth-order valence-corrected chi connectivity index (χ4v) is 0.510. The molecule has 0 amide bonds. The van der Waals surface area contributed by atoms with E-state index < -0.39 is 11.5 Å². The topological polar surface area (TPSA) is 35.5 Å². The standard InChI is InChI=1S/C4H5ClO3S/c1-7-4(6)3(5)8-2-9/h2-3H,1H3. The first-order chi connectivity index (χ1) is 4.22. The molecule has 5 heteroatoms. The molecule has 0 heterocycles. The number of carbonyl (C=O) groups is 1. The molecule has 0 N–H and O–H groups in total. The molecular formula is C4H5ClO3S. The van der Waals surface area contributed by atoms with Gasteiger partial charge in [0.15, 0.2) is 0 Å². The lowest BCUT2D eigenvalue weighted by molar-refractivity contribution is -0.145. The van der Waals surface area contributed by atoms with E-state index in [4.69, 9.17) is 11.6 Å². The van der Waals surface area contributed by atoms with Crippen LogP contribution in [0.1, 0.15) is 0 Å². The summed E-state index contributed by atoms with van der Waals surface area (Å²) in [6.45, 7) is 0. The van der Waals surface area contributed by atoms with Crippen LogP contribution in [0.5, 0.6) is 0 Å². The SMILES string of the molecule is COC(=O)C(Cl)OC=S. The maximum Gasteiger partial charge on any atom is 0.363 e. The Kier molecular flexibility index (Phi) is 4.35. The van der Waals surface area contributed by atoms with E-state index in [2.05, 4.69) is 21.7 Å². The Morgan fingerprint density at radius 2 is 2.44 bits per heavy atom. The van der Waals surface area contributed by atoms with Gasteiger partial charge in [0.25, 0.3) is 5.56 Å². The van der Waals surface area contributed by atoms with Crippen molar-refractivity contribution in [2.45, 2.75) is 5.56 Å². The van der Waals surface area contributed by atoms with Crippen LogP contribution in [0.15, 0.2) is 0 Å². The third-order valence-corrected chi connectivity index (χ3v) is 0.954. The minimum absolute atomic E-state index is 0.655. The highest BCUT2D eigenvalue weighted by molar-refractivity contribution is 7.78. The summed E-state index contributed by atoms with van der Waals surface area (Å²) >= 11 is 9.49. The van der Waals surface area contributed by atoms with Crippen molar-refractivity contribution in [3.63, 3.8) is 0 Å². The van der Waals surface area contributed by atoms with Gasteiger partial charge in [-0.1, -0.05) is 11.6 Å².